The highest BCUT2D eigenvalue weighted by Gasteiger charge is 2.12. The van der Waals surface area contributed by atoms with Crippen LogP contribution < -0.4 is 10.6 Å². The molecule has 0 aliphatic heterocycles. The molecule has 1 aromatic carbocycles. The molecule has 0 saturated heterocycles. The Kier molecular flexibility index (Phi) is 4.65. The maximum atomic E-state index is 13.3. The summed E-state index contributed by atoms with van der Waals surface area (Å²) in [4.78, 5) is 23.1. The van der Waals surface area contributed by atoms with Gasteiger partial charge in [0.25, 0.3) is 11.8 Å². The van der Waals surface area contributed by atoms with Crippen LogP contribution in [0.15, 0.2) is 41.0 Å². The molecular weight excluding hydrogens is 282 g/mol. The topological polar surface area (TPSA) is 71.3 Å². The van der Waals surface area contributed by atoms with Crippen LogP contribution in [0.4, 0.5) is 8.78 Å². The Morgan fingerprint density at radius 3 is 2.43 bits per heavy atom. The summed E-state index contributed by atoms with van der Waals surface area (Å²) in [6, 6.07) is 5.68. The lowest BCUT2D eigenvalue weighted by molar-refractivity contribution is 0.0909. The Bertz CT molecular complexity index is 642. The fourth-order valence-corrected chi connectivity index (χ4v) is 1.61. The summed E-state index contributed by atoms with van der Waals surface area (Å²) in [5.74, 6) is -2.54. The Morgan fingerprint density at radius 2 is 1.76 bits per heavy atom. The largest absolute Gasteiger partial charge is 0.459 e. The molecule has 0 spiro atoms. The van der Waals surface area contributed by atoms with Gasteiger partial charge in [-0.1, -0.05) is 0 Å². The van der Waals surface area contributed by atoms with Gasteiger partial charge in [0.15, 0.2) is 5.76 Å². The van der Waals surface area contributed by atoms with Gasteiger partial charge >= 0.3 is 0 Å². The Labute approximate surface area is 118 Å². The van der Waals surface area contributed by atoms with Gasteiger partial charge in [0.2, 0.25) is 0 Å². The summed E-state index contributed by atoms with van der Waals surface area (Å²) in [7, 11) is 0. The third kappa shape index (κ3) is 3.88. The quantitative estimate of drug-likeness (QED) is 0.825. The SMILES string of the molecule is O=C(NCCNC(=O)c1cc(F)ccc1F)c1ccco1. The molecule has 0 unspecified atom stereocenters. The first-order valence-corrected chi connectivity index (χ1v) is 6.13. The van der Waals surface area contributed by atoms with E-state index in [4.69, 9.17) is 4.42 Å². The number of nitrogens with one attached hydrogen (secondary N) is 2. The van der Waals surface area contributed by atoms with Gasteiger partial charge in [0.1, 0.15) is 11.6 Å². The van der Waals surface area contributed by atoms with Gasteiger partial charge in [-0.05, 0) is 30.3 Å². The summed E-state index contributed by atoms with van der Waals surface area (Å²) in [6.07, 6.45) is 1.36. The second-order valence-corrected chi connectivity index (χ2v) is 4.11. The molecule has 0 aliphatic rings. The van der Waals surface area contributed by atoms with Crippen molar-refractivity contribution in [3.63, 3.8) is 0 Å². The third-order valence-corrected chi connectivity index (χ3v) is 2.61. The van der Waals surface area contributed by atoms with E-state index in [2.05, 4.69) is 10.6 Å². The van der Waals surface area contributed by atoms with Crippen molar-refractivity contribution in [3.05, 3.63) is 59.6 Å². The molecule has 7 heteroatoms. The molecule has 0 saturated carbocycles. The summed E-state index contributed by atoms with van der Waals surface area (Å²) < 4.78 is 31.2. The number of halogens is 2. The molecular formula is C14H12F2N2O3. The molecule has 0 bridgehead atoms. The average molecular weight is 294 g/mol. The molecule has 110 valence electrons. The fourth-order valence-electron chi connectivity index (χ4n) is 1.61. The van der Waals surface area contributed by atoms with E-state index >= 15 is 0 Å². The number of furan rings is 1. The van der Waals surface area contributed by atoms with Crippen LogP contribution >= 0.6 is 0 Å². The lowest BCUT2D eigenvalue weighted by atomic mass is 10.2. The van der Waals surface area contributed by atoms with Crippen LogP contribution in [0, 0.1) is 11.6 Å². The minimum atomic E-state index is -0.812. The highest BCUT2D eigenvalue weighted by Crippen LogP contribution is 2.09. The Morgan fingerprint density at radius 1 is 1.05 bits per heavy atom. The van der Waals surface area contributed by atoms with Gasteiger partial charge in [-0.15, -0.1) is 0 Å². The molecule has 0 aliphatic carbocycles. The highest BCUT2D eigenvalue weighted by atomic mass is 19.1. The number of rotatable bonds is 5. The molecule has 1 heterocycles. The van der Waals surface area contributed by atoms with Crippen LogP contribution in [0.5, 0.6) is 0 Å². The first kappa shape index (κ1) is 14.7. The molecule has 2 aromatic rings. The summed E-state index contributed by atoms with van der Waals surface area (Å²) >= 11 is 0. The van der Waals surface area contributed by atoms with Crippen molar-refractivity contribution in [2.45, 2.75) is 0 Å². The molecule has 2 rings (SSSR count). The minimum Gasteiger partial charge on any atom is -0.459 e. The number of carbonyl (C=O) groups excluding carboxylic acids is 2. The third-order valence-electron chi connectivity index (χ3n) is 2.61. The van der Waals surface area contributed by atoms with Crippen molar-refractivity contribution in [1.82, 2.24) is 10.6 Å². The van der Waals surface area contributed by atoms with Gasteiger partial charge < -0.3 is 15.1 Å². The van der Waals surface area contributed by atoms with Gasteiger partial charge in [-0.25, -0.2) is 8.78 Å². The van der Waals surface area contributed by atoms with Crippen LogP contribution in [-0.4, -0.2) is 24.9 Å². The van der Waals surface area contributed by atoms with Crippen LogP contribution in [0.2, 0.25) is 0 Å². The van der Waals surface area contributed by atoms with E-state index in [0.29, 0.717) is 0 Å². The van der Waals surface area contributed by atoms with Gasteiger partial charge in [-0.2, -0.15) is 0 Å². The first-order valence-electron chi connectivity index (χ1n) is 6.13. The van der Waals surface area contributed by atoms with Crippen molar-refractivity contribution in [2.24, 2.45) is 0 Å². The molecule has 2 amide bonds. The van der Waals surface area contributed by atoms with Gasteiger partial charge in [-0.3, -0.25) is 9.59 Å². The van der Waals surface area contributed by atoms with Crippen molar-refractivity contribution in [2.75, 3.05) is 13.1 Å². The monoisotopic (exact) mass is 294 g/mol. The second-order valence-electron chi connectivity index (χ2n) is 4.11. The van der Waals surface area contributed by atoms with Crippen molar-refractivity contribution < 1.29 is 22.8 Å². The zero-order valence-electron chi connectivity index (χ0n) is 10.9. The van der Waals surface area contributed by atoms with Gasteiger partial charge in [0.05, 0.1) is 11.8 Å². The van der Waals surface area contributed by atoms with E-state index in [9.17, 15) is 18.4 Å². The zero-order valence-corrected chi connectivity index (χ0v) is 10.9. The highest BCUT2D eigenvalue weighted by molar-refractivity contribution is 5.94. The summed E-state index contributed by atoms with van der Waals surface area (Å²) in [5, 5.41) is 4.88. The number of hydrogen-bond donors (Lipinski definition) is 2. The van der Waals surface area contributed by atoms with Crippen LogP contribution in [0.25, 0.3) is 0 Å². The molecule has 2 N–H and O–H groups in total. The van der Waals surface area contributed by atoms with E-state index in [-0.39, 0.29) is 24.4 Å². The van der Waals surface area contributed by atoms with Crippen molar-refractivity contribution >= 4 is 11.8 Å². The second kappa shape index (κ2) is 6.65. The maximum absolute atomic E-state index is 13.3. The lowest BCUT2D eigenvalue weighted by Crippen LogP contribution is -2.34. The maximum Gasteiger partial charge on any atom is 0.287 e. The smallest absolute Gasteiger partial charge is 0.287 e. The Hall–Kier alpha value is -2.70. The molecule has 0 atom stereocenters. The van der Waals surface area contributed by atoms with Crippen molar-refractivity contribution in [1.29, 1.82) is 0 Å². The van der Waals surface area contributed by atoms with E-state index in [1.165, 1.54) is 12.3 Å². The number of benzene rings is 1. The number of amides is 2. The predicted octanol–water partition coefficient (Wildman–Crippen LogP) is 1.72. The van der Waals surface area contributed by atoms with E-state index < -0.39 is 23.4 Å². The van der Waals surface area contributed by atoms with E-state index in [0.717, 1.165) is 18.2 Å². The van der Waals surface area contributed by atoms with E-state index in [1.807, 2.05) is 0 Å². The molecule has 0 fully saturated rings. The zero-order chi connectivity index (χ0) is 15.2. The summed E-state index contributed by atoms with van der Waals surface area (Å²) in [6.45, 7) is 0.198. The average Bonchev–Trinajstić information content (AvgIpc) is 3.00. The Balaban J connectivity index is 1.79. The molecule has 21 heavy (non-hydrogen) atoms. The first-order chi connectivity index (χ1) is 10.1. The normalized spacial score (nSPS) is 10.2. The van der Waals surface area contributed by atoms with Gasteiger partial charge in [0, 0.05) is 13.1 Å². The number of carbonyl (C=O) groups is 2. The van der Waals surface area contributed by atoms with Crippen molar-refractivity contribution in [3.8, 4) is 0 Å². The molecule has 1 aromatic heterocycles. The predicted molar refractivity (Wildman–Crippen MR) is 69.7 cm³/mol. The van der Waals surface area contributed by atoms with Crippen LogP contribution in [0.3, 0.4) is 0 Å². The lowest BCUT2D eigenvalue weighted by Gasteiger charge is -2.07. The van der Waals surface area contributed by atoms with Crippen LogP contribution in [0.1, 0.15) is 20.9 Å². The van der Waals surface area contributed by atoms with E-state index in [1.54, 1.807) is 6.07 Å². The number of hydrogen-bond acceptors (Lipinski definition) is 3. The molecule has 5 nitrogen and oxygen atoms in total. The fraction of sp³-hybridized carbons (Fsp3) is 0.143. The standard InChI is InChI=1S/C14H12F2N2O3/c15-9-3-4-11(16)10(8-9)13(19)17-5-6-18-14(20)12-2-1-7-21-12/h1-4,7-8H,5-6H2,(H,17,19)(H,18,20). The summed E-state index contributed by atoms with van der Waals surface area (Å²) in [5.41, 5.74) is -0.382. The molecule has 0 radical (unpaired) electrons. The minimum absolute atomic E-state index is 0.0707. The van der Waals surface area contributed by atoms with Crippen LogP contribution in [-0.2, 0) is 0 Å².